The smallest absolute Gasteiger partial charge is 0.329 e. The SMILES string of the molecule is CC(NC(=O)CC1NC(=O)N(c2ccccc2)C1=O)c1nc2ccccc2[nH]1. The predicted octanol–water partition coefficient (Wildman–Crippen LogP) is 2.26. The van der Waals surface area contributed by atoms with E-state index in [-0.39, 0.29) is 18.4 Å². The molecule has 0 saturated carbocycles. The molecule has 1 fully saturated rings. The molecule has 0 spiro atoms. The van der Waals surface area contributed by atoms with Gasteiger partial charge in [0.2, 0.25) is 5.91 Å². The largest absolute Gasteiger partial charge is 0.346 e. The molecule has 2 aromatic carbocycles. The Kier molecular flexibility index (Phi) is 4.52. The van der Waals surface area contributed by atoms with Gasteiger partial charge in [-0.2, -0.15) is 0 Å². The summed E-state index contributed by atoms with van der Waals surface area (Å²) in [6.45, 7) is 1.81. The molecular weight excluding hydrogens is 358 g/mol. The molecule has 1 aliphatic heterocycles. The van der Waals surface area contributed by atoms with Crippen LogP contribution in [-0.2, 0) is 9.59 Å². The van der Waals surface area contributed by atoms with Gasteiger partial charge < -0.3 is 15.6 Å². The maximum Gasteiger partial charge on any atom is 0.329 e. The van der Waals surface area contributed by atoms with Crippen molar-refractivity contribution in [3.8, 4) is 0 Å². The van der Waals surface area contributed by atoms with Crippen LogP contribution in [-0.4, -0.2) is 33.9 Å². The molecule has 2 heterocycles. The minimum Gasteiger partial charge on any atom is -0.346 e. The highest BCUT2D eigenvalue weighted by atomic mass is 16.2. The number of para-hydroxylation sites is 3. The topological polar surface area (TPSA) is 107 Å². The summed E-state index contributed by atoms with van der Waals surface area (Å²) in [5.74, 6) is -0.161. The number of hydrogen-bond donors (Lipinski definition) is 3. The van der Waals surface area contributed by atoms with Crippen LogP contribution in [0, 0.1) is 0 Å². The summed E-state index contributed by atoms with van der Waals surface area (Å²) in [5, 5.41) is 5.39. The summed E-state index contributed by atoms with van der Waals surface area (Å²) in [4.78, 5) is 45.8. The molecule has 0 bridgehead atoms. The fourth-order valence-corrected chi connectivity index (χ4v) is 3.22. The minimum absolute atomic E-state index is 0.140. The lowest BCUT2D eigenvalue weighted by atomic mass is 10.1. The average Bonchev–Trinajstić information content (AvgIpc) is 3.23. The number of nitrogens with zero attached hydrogens (tertiary/aromatic N) is 2. The fourth-order valence-electron chi connectivity index (χ4n) is 3.22. The summed E-state index contributed by atoms with van der Waals surface area (Å²) in [5.41, 5.74) is 2.18. The van der Waals surface area contributed by atoms with Crippen LogP contribution in [0.5, 0.6) is 0 Å². The Morgan fingerprint density at radius 3 is 2.61 bits per heavy atom. The lowest BCUT2D eigenvalue weighted by Gasteiger charge is -2.14. The van der Waals surface area contributed by atoms with Gasteiger partial charge in [0.15, 0.2) is 0 Å². The van der Waals surface area contributed by atoms with E-state index in [1.165, 1.54) is 0 Å². The maximum atomic E-state index is 12.6. The summed E-state index contributed by atoms with van der Waals surface area (Å²) in [7, 11) is 0. The summed E-state index contributed by atoms with van der Waals surface area (Å²) >= 11 is 0. The summed E-state index contributed by atoms with van der Waals surface area (Å²) < 4.78 is 0. The number of nitrogens with one attached hydrogen (secondary N) is 3. The van der Waals surface area contributed by atoms with Crippen molar-refractivity contribution < 1.29 is 14.4 Å². The third-order valence-corrected chi connectivity index (χ3v) is 4.62. The van der Waals surface area contributed by atoms with Crippen LogP contribution >= 0.6 is 0 Å². The van der Waals surface area contributed by atoms with Crippen molar-refractivity contribution in [2.24, 2.45) is 0 Å². The zero-order valence-electron chi connectivity index (χ0n) is 15.2. The van der Waals surface area contributed by atoms with E-state index in [1.54, 1.807) is 37.3 Å². The number of aromatic amines is 1. The monoisotopic (exact) mass is 377 g/mol. The molecule has 0 radical (unpaired) electrons. The second-order valence-corrected chi connectivity index (χ2v) is 6.64. The van der Waals surface area contributed by atoms with Crippen LogP contribution in [0.2, 0.25) is 0 Å². The average molecular weight is 377 g/mol. The molecule has 1 aromatic heterocycles. The molecule has 8 nitrogen and oxygen atoms in total. The predicted molar refractivity (Wildman–Crippen MR) is 104 cm³/mol. The molecule has 3 N–H and O–H groups in total. The Hall–Kier alpha value is -3.68. The van der Waals surface area contributed by atoms with Crippen LogP contribution < -0.4 is 15.5 Å². The van der Waals surface area contributed by atoms with Crippen molar-refractivity contribution in [2.75, 3.05) is 4.90 Å². The van der Waals surface area contributed by atoms with Gasteiger partial charge in [-0.25, -0.2) is 14.7 Å². The quantitative estimate of drug-likeness (QED) is 0.593. The van der Waals surface area contributed by atoms with E-state index in [0.717, 1.165) is 15.9 Å². The van der Waals surface area contributed by atoms with Crippen molar-refractivity contribution in [3.63, 3.8) is 0 Å². The van der Waals surface area contributed by atoms with Gasteiger partial charge in [0.25, 0.3) is 5.91 Å². The highest BCUT2D eigenvalue weighted by Gasteiger charge is 2.40. The molecule has 3 aromatic rings. The Labute approximate surface area is 160 Å². The van der Waals surface area contributed by atoms with Crippen LogP contribution in [0.4, 0.5) is 10.5 Å². The molecule has 1 aliphatic rings. The van der Waals surface area contributed by atoms with Crippen LogP contribution in [0.3, 0.4) is 0 Å². The zero-order chi connectivity index (χ0) is 19.7. The van der Waals surface area contributed by atoms with Crippen molar-refractivity contribution in [1.82, 2.24) is 20.6 Å². The first kappa shape index (κ1) is 17.7. The number of imidazole rings is 1. The maximum absolute atomic E-state index is 12.6. The van der Waals surface area contributed by atoms with Gasteiger partial charge in [0.1, 0.15) is 11.9 Å². The number of imide groups is 1. The van der Waals surface area contributed by atoms with Gasteiger partial charge >= 0.3 is 6.03 Å². The number of anilines is 1. The lowest BCUT2D eigenvalue weighted by Crippen LogP contribution is -2.37. The van der Waals surface area contributed by atoms with Crippen molar-refractivity contribution in [2.45, 2.75) is 25.4 Å². The molecule has 142 valence electrons. The Morgan fingerprint density at radius 1 is 1.14 bits per heavy atom. The molecule has 4 rings (SSSR count). The highest BCUT2D eigenvalue weighted by Crippen LogP contribution is 2.20. The zero-order valence-corrected chi connectivity index (χ0v) is 15.2. The highest BCUT2D eigenvalue weighted by molar-refractivity contribution is 6.22. The third kappa shape index (κ3) is 3.32. The number of hydrogen-bond acceptors (Lipinski definition) is 4. The lowest BCUT2D eigenvalue weighted by molar-refractivity contribution is -0.126. The van der Waals surface area contributed by atoms with E-state index in [4.69, 9.17) is 0 Å². The third-order valence-electron chi connectivity index (χ3n) is 4.62. The number of urea groups is 1. The fraction of sp³-hybridized carbons (Fsp3) is 0.200. The van der Waals surface area contributed by atoms with Crippen molar-refractivity contribution >= 4 is 34.6 Å². The molecular formula is C20H19N5O3. The first-order valence-corrected chi connectivity index (χ1v) is 8.96. The number of amides is 4. The Bertz CT molecular complexity index is 1010. The van der Waals surface area contributed by atoms with E-state index in [0.29, 0.717) is 11.5 Å². The minimum atomic E-state index is -0.893. The van der Waals surface area contributed by atoms with E-state index < -0.39 is 18.0 Å². The summed E-state index contributed by atoms with van der Waals surface area (Å²) in [6.07, 6.45) is -0.140. The molecule has 2 atom stereocenters. The second kappa shape index (κ2) is 7.15. The van der Waals surface area contributed by atoms with Gasteiger partial charge in [-0.3, -0.25) is 9.59 Å². The Balaban J connectivity index is 1.41. The van der Waals surface area contributed by atoms with Crippen molar-refractivity contribution in [1.29, 1.82) is 0 Å². The normalized spacial score (nSPS) is 17.6. The number of H-pyrrole nitrogens is 1. The number of fused-ring (bicyclic) bond motifs is 1. The first-order valence-electron chi connectivity index (χ1n) is 8.96. The van der Waals surface area contributed by atoms with Gasteiger partial charge in [-0.1, -0.05) is 30.3 Å². The van der Waals surface area contributed by atoms with E-state index in [9.17, 15) is 14.4 Å². The van der Waals surface area contributed by atoms with Gasteiger partial charge in [0, 0.05) is 0 Å². The molecule has 8 heteroatoms. The molecule has 1 saturated heterocycles. The number of carbonyl (C=O) groups is 3. The van der Waals surface area contributed by atoms with Gasteiger partial charge in [0.05, 0.1) is 29.2 Å². The number of benzene rings is 2. The number of aromatic nitrogens is 2. The van der Waals surface area contributed by atoms with Gasteiger partial charge in [-0.15, -0.1) is 0 Å². The Morgan fingerprint density at radius 2 is 1.86 bits per heavy atom. The van der Waals surface area contributed by atoms with Gasteiger partial charge in [-0.05, 0) is 31.2 Å². The molecule has 28 heavy (non-hydrogen) atoms. The van der Waals surface area contributed by atoms with Crippen LogP contribution in [0.1, 0.15) is 25.2 Å². The van der Waals surface area contributed by atoms with Crippen molar-refractivity contribution in [3.05, 3.63) is 60.4 Å². The van der Waals surface area contributed by atoms with E-state index in [2.05, 4.69) is 20.6 Å². The number of carbonyl (C=O) groups excluding carboxylic acids is 3. The number of rotatable bonds is 5. The second-order valence-electron chi connectivity index (χ2n) is 6.64. The van der Waals surface area contributed by atoms with E-state index >= 15 is 0 Å². The summed E-state index contributed by atoms with van der Waals surface area (Å²) in [6, 6.07) is 14.4. The van der Waals surface area contributed by atoms with Crippen LogP contribution in [0.15, 0.2) is 54.6 Å². The molecule has 4 amide bonds. The van der Waals surface area contributed by atoms with Crippen LogP contribution in [0.25, 0.3) is 11.0 Å². The molecule has 2 unspecified atom stereocenters. The standard InChI is InChI=1S/C20H19N5O3/c1-12(18-22-14-9-5-6-10-15(14)23-18)21-17(26)11-16-19(27)25(20(28)24-16)13-7-3-2-4-8-13/h2-10,12,16H,11H2,1H3,(H,21,26)(H,22,23)(H,24,28). The molecule has 0 aliphatic carbocycles. The first-order chi connectivity index (χ1) is 13.5. The van der Waals surface area contributed by atoms with E-state index in [1.807, 2.05) is 24.3 Å².